The van der Waals surface area contributed by atoms with Crippen LogP contribution in [0.4, 0.5) is 5.69 Å². The van der Waals surface area contributed by atoms with Gasteiger partial charge in [0.2, 0.25) is 11.8 Å². The molecule has 0 bridgehead atoms. The van der Waals surface area contributed by atoms with Gasteiger partial charge in [-0.15, -0.1) is 0 Å². The maximum atomic E-state index is 12.6. The fraction of sp³-hybridized carbons (Fsp3) is 0.333. The molecule has 5 heteroatoms. The number of hydrogen-bond acceptors (Lipinski definition) is 3. The number of nitrogens with one attached hydrogen (secondary N) is 1. The van der Waals surface area contributed by atoms with E-state index in [4.69, 9.17) is 5.73 Å². The Hall–Kier alpha value is -2.82. The highest BCUT2D eigenvalue weighted by molar-refractivity contribution is 5.89. The van der Waals surface area contributed by atoms with Gasteiger partial charge in [-0.3, -0.25) is 9.59 Å². The SMILES string of the molecule is Nc1ccc(CCNC(=O)C2CCCN2C(=O)Cc2ccccc2)cc1. The number of likely N-dealkylation sites (tertiary alicyclic amines) is 1. The zero-order chi connectivity index (χ0) is 18.4. The molecule has 0 spiro atoms. The van der Waals surface area contributed by atoms with Gasteiger partial charge >= 0.3 is 0 Å². The highest BCUT2D eigenvalue weighted by Gasteiger charge is 2.33. The van der Waals surface area contributed by atoms with Gasteiger partial charge in [0.15, 0.2) is 0 Å². The van der Waals surface area contributed by atoms with E-state index < -0.39 is 0 Å². The van der Waals surface area contributed by atoms with Gasteiger partial charge in [-0.05, 0) is 42.5 Å². The first-order valence-electron chi connectivity index (χ1n) is 9.09. The Balaban J connectivity index is 1.51. The summed E-state index contributed by atoms with van der Waals surface area (Å²) < 4.78 is 0. The van der Waals surface area contributed by atoms with Crippen molar-refractivity contribution in [2.45, 2.75) is 31.7 Å². The number of anilines is 1. The van der Waals surface area contributed by atoms with Crippen LogP contribution in [0.1, 0.15) is 24.0 Å². The maximum absolute atomic E-state index is 12.6. The lowest BCUT2D eigenvalue weighted by Gasteiger charge is -2.24. The Morgan fingerprint density at radius 3 is 2.50 bits per heavy atom. The van der Waals surface area contributed by atoms with Crippen molar-refractivity contribution in [1.29, 1.82) is 0 Å². The van der Waals surface area contributed by atoms with Crippen LogP contribution < -0.4 is 11.1 Å². The van der Waals surface area contributed by atoms with Crippen LogP contribution in [0.25, 0.3) is 0 Å². The van der Waals surface area contributed by atoms with Crippen LogP contribution in [0.5, 0.6) is 0 Å². The molecule has 1 atom stereocenters. The number of nitrogens with zero attached hydrogens (tertiary/aromatic N) is 1. The third-order valence-corrected chi connectivity index (χ3v) is 4.77. The lowest BCUT2D eigenvalue weighted by Crippen LogP contribution is -2.46. The van der Waals surface area contributed by atoms with Gasteiger partial charge in [-0.25, -0.2) is 0 Å². The first-order valence-corrected chi connectivity index (χ1v) is 9.09. The number of carbonyl (C=O) groups is 2. The summed E-state index contributed by atoms with van der Waals surface area (Å²) in [4.78, 5) is 26.9. The van der Waals surface area contributed by atoms with Gasteiger partial charge < -0.3 is 16.0 Å². The van der Waals surface area contributed by atoms with Crippen LogP contribution in [0.2, 0.25) is 0 Å². The van der Waals surface area contributed by atoms with Crippen molar-refractivity contribution < 1.29 is 9.59 Å². The molecular formula is C21H25N3O2. The zero-order valence-electron chi connectivity index (χ0n) is 14.9. The Labute approximate surface area is 154 Å². The molecule has 3 rings (SSSR count). The summed E-state index contributed by atoms with van der Waals surface area (Å²) in [6.07, 6.45) is 2.69. The summed E-state index contributed by atoms with van der Waals surface area (Å²) in [5.41, 5.74) is 8.52. The van der Waals surface area contributed by atoms with Gasteiger partial charge in [0.1, 0.15) is 6.04 Å². The van der Waals surface area contributed by atoms with Gasteiger partial charge in [0.25, 0.3) is 0 Å². The minimum Gasteiger partial charge on any atom is -0.399 e. The molecule has 26 heavy (non-hydrogen) atoms. The van der Waals surface area contributed by atoms with Crippen molar-refractivity contribution >= 4 is 17.5 Å². The maximum Gasteiger partial charge on any atom is 0.242 e. The highest BCUT2D eigenvalue weighted by Crippen LogP contribution is 2.19. The Morgan fingerprint density at radius 2 is 1.77 bits per heavy atom. The molecule has 136 valence electrons. The molecule has 0 aliphatic carbocycles. The average molecular weight is 351 g/mol. The van der Waals surface area contributed by atoms with Crippen molar-refractivity contribution in [3.8, 4) is 0 Å². The number of carbonyl (C=O) groups excluding carboxylic acids is 2. The molecule has 1 unspecified atom stereocenters. The largest absolute Gasteiger partial charge is 0.399 e. The number of nitrogens with two attached hydrogens (primary N) is 1. The van der Waals surface area contributed by atoms with Gasteiger partial charge in [-0.1, -0.05) is 42.5 Å². The average Bonchev–Trinajstić information content (AvgIpc) is 3.14. The summed E-state index contributed by atoms with van der Waals surface area (Å²) in [6.45, 7) is 1.21. The molecular weight excluding hydrogens is 326 g/mol. The van der Waals surface area contributed by atoms with E-state index in [1.54, 1.807) is 4.90 Å². The molecule has 1 heterocycles. The normalized spacial score (nSPS) is 16.5. The molecule has 2 amide bonds. The summed E-state index contributed by atoms with van der Waals surface area (Å²) >= 11 is 0. The fourth-order valence-electron chi connectivity index (χ4n) is 3.34. The number of nitrogen functional groups attached to an aromatic ring is 1. The van der Waals surface area contributed by atoms with E-state index in [1.807, 2.05) is 54.6 Å². The van der Waals surface area contributed by atoms with Crippen LogP contribution in [0.3, 0.4) is 0 Å². The highest BCUT2D eigenvalue weighted by atomic mass is 16.2. The standard InChI is InChI=1S/C21H25N3O2/c22-18-10-8-16(9-11-18)12-13-23-21(26)19-7-4-14-24(19)20(25)15-17-5-2-1-3-6-17/h1-3,5-6,8-11,19H,4,7,12-15,22H2,(H,23,26). The van der Waals surface area contributed by atoms with Crippen molar-refractivity contribution in [2.24, 2.45) is 0 Å². The third kappa shape index (κ3) is 4.63. The van der Waals surface area contributed by atoms with Crippen LogP contribution in [0, 0.1) is 0 Å². The van der Waals surface area contributed by atoms with Gasteiger partial charge in [0.05, 0.1) is 6.42 Å². The number of rotatable bonds is 6. The Morgan fingerprint density at radius 1 is 1.04 bits per heavy atom. The number of benzene rings is 2. The van der Waals surface area contributed by atoms with Gasteiger partial charge in [-0.2, -0.15) is 0 Å². The predicted molar refractivity (Wildman–Crippen MR) is 102 cm³/mol. The summed E-state index contributed by atoms with van der Waals surface area (Å²) in [6, 6.07) is 17.0. The first-order chi connectivity index (χ1) is 12.6. The molecule has 2 aromatic rings. The van der Waals surface area contributed by atoms with E-state index in [2.05, 4.69) is 5.32 Å². The molecule has 0 aromatic heterocycles. The number of amides is 2. The topological polar surface area (TPSA) is 75.4 Å². The van der Waals surface area contributed by atoms with E-state index in [0.717, 1.165) is 36.1 Å². The van der Waals surface area contributed by atoms with Crippen molar-refractivity contribution in [2.75, 3.05) is 18.8 Å². The second-order valence-corrected chi connectivity index (χ2v) is 6.69. The van der Waals surface area contributed by atoms with Crippen LogP contribution >= 0.6 is 0 Å². The molecule has 1 fully saturated rings. The lowest BCUT2D eigenvalue weighted by molar-refractivity contribution is -0.137. The zero-order valence-corrected chi connectivity index (χ0v) is 14.9. The molecule has 5 nitrogen and oxygen atoms in total. The molecule has 1 saturated heterocycles. The van der Waals surface area contributed by atoms with E-state index in [0.29, 0.717) is 19.5 Å². The Kier molecular flexibility index (Phi) is 5.89. The third-order valence-electron chi connectivity index (χ3n) is 4.77. The van der Waals surface area contributed by atoms with Crippen LogP contribution in [0.15, 0.2) is 54.6 Å². The quantitative estimate of drug-likeness (QED) is 0.783. The second kappa shape index (κ2) is 8.52. The van der Waals surface area contributed by atoms with E-state index in [-0.39, 0.29) is 17.9 Å². The molecule has 1 aliphatic rings. The van der Waals surface area contributed by atoms with Gasteiger partial charge in [0, 0.05) is 18.8 Å². The molecule has 2 aromatic carbocycles. The van der Waals surface area contributed by atoms with E-state index in [9.17, 15) is 9.59 Å². The monoisotopic (exact) mass is 351 g/mol. The first kappa shape index (κ1) is 18.0. The Bertz CT molecular complexity index is 744. The minimum atomic E-state index is -0.349. The van der Waals surface area contributed by atoms with Crippen molar-refractivity contribution in [3.05, 3.63) is 65.7 Å². The van der Waals surface area contributed by atoms with Crippen molar-refractivity contribution in [3.63, 3.8) is 0 Å². The molecule has 0 saturated carbocycles. The molecule has 3 N–H and O–H groups in total. The minimum absolute atomic E-state index is 0.0207. The van der Waals surface area contributed by atoms with Crippen LogP contribution in [-0.4, -0.2) is 35.8 Å². The van der Waals surface area contributed by atoms with Crippen molar-refractivity contribution in [1.82, 2.24) is 10.2 Å². The number of hydrogen-bond donors (Lipinski definition) is 2. The lowest BCUT2D eigenvalue weighted by atomic mass is 10.1. The summed E-state index contributed by atoms with van der Waals surface area (Å²) in [5, 5.41) is 2.97. The van der Waals surface area contributed by atoms with E-state index >= 15 is 0 Å². The molecule has 1 aliphatic heterocycles. The summed E-state index contributed by atoms with van der Waals surface area (Å²) in [5.74, 6) is -0.0354. The van der Waals surface area contributed by atoms with Crippen LogP contribution in [-0.2, 0) is 22.4 Å². The van der Waals surface area contributed by atoms with E-state index in [1.165, 1.54) is 0 Å². The fourth-order valence-corrected chi connectivity index (χ4v) is 3.34. The molecule has 0 radical (unpaired) electrons. The second-order valence-electron chi connectivity index (χ2n) is 6.69. The smallest absolute Gasteiger partial charge is 0.242 e. The summed E-state index contributed by atoms with van der Waals surface area (Å²) in [7, 11) is 0. The predicted octanol–water partition coefficient (Wildman–Crippen LogP) is 2.16.